The fourth-order valence-electron chi connectivity index (χ4n) is 2.37. The van der Waals surface area contributed by atoms with E-state index in [-0.39, 0.29) is 11.2 Å². The monoisotopic (exact) mass is 384 g/mol. The number of methoxy groups -OCH3 is 2. The van der Waals surface area contributed by atoms with Crippen molar-refractivity contribution in [1.29, 1.82) is 0 Å². The molecule has 27 heavy (non-hydrogen) atoms. The second-order valence-corrected chi connectivity index (χ2v) is 6.95. The van der Waals surface area contributed by atoms with E-state index >= 15 is 0 Å². The highest BCUT2D eigenvalue weighted by Gasteiger charge is 2.18. The van der Waals surface area contributed by atoms with Crippen molar-refractivity contribution >= 4 is 23.4 Å². The van der Waals surface area contributed by atoms with Crippen molar-refractivity contribution in [1.82, 2.24) is 15.2 Å². The molecule has 0 aliphatic rings. The summed E-state index contributed by atoms with van der Waals surface area (Å²) in [6.07, 6.45) is 0. The normalized spacial score (nSPS) is 11.7. The van der Waals surface area contributed by atoms with Gasteiger partial charge in [0, 0.05) is 5.56 Å². The largest absolute Gasteiger partial charge is 0.497 e. The van der Waals surface area contributed by atoms with Gasteiger partial charge in [0.2, 0.25) is 11.1 Å². The van der Waals surface area contributed by atoms with Gasteiger partial charge in [0.05, 0.1) is 25.2 Å². The van der Waals surface area contributed by atoms with Crippen molar-refractivity contribution in [3.05, 3.63) is 48.5 Å². The lowest BCUT2D eigenvalue weighted by atomic mass is 10.2. The Hall–Kier alpha value is -3.00. The summed E-state index contributed by atoms with van der Waals surface area (Å²) in [5.74, 6) is 1.87. The Morgan fingerprint density at radius 1 is 1.11 bits per heavy atom. The van der Waals surface area contributed by atoms with Gasteiger partial charge in [-0.1, -0.05) is 23.9 Å². The van der Waals surface area contributed by atoms with Crippen molar-refractivity contribution < 1.29 is 14.3 Å². The number of aromatic amines is 1. The summed E-state index contributed by atoms with van der Waals surface area (Å²) < 4.78 is 10.4. The van der Waals surface area contributed by atoms with Crippen LogP contribution in [0.5, 0.6) is 11.5 Å². The Morgan fingerprint density at radius 3 is 2.56 bits per heavy atom. The fourth-order valence-corrected chi connectivity index (χ4v) is 3.10. The van der Waals surface area contributed by atoms with Gasteiger partial charge in [0.25, 0.3) is 0 Å². The van der Waals surface area contributed by atoms with Crippen molar-refractivity contribution in [2.75, 3.05) is 19.5 Å². The molecule has 1 aromatic heterocycles. The summed E-state index contributed by atoms with van der Waals surface area (Å²) >= 11 is 1.28. The maximum absolute atomic E-state index is 12.5. The number of hydrogen-bond acceptors (Lipinski definition) is 6. The number of thioether (sulfide) groups is 1. The average molecular weight is 384 g/mol. The first-order valence-corrected chi connectivity index (χ1v) is 9.16. The van der Waals surface area contributed by atoms with E-state index in [4.69, 9.17) is 9.47 Å². The van der Waals surface area contributed by atoms with Crippen LogP contribution in [0.2, 0.25) is 0 Å². The fraction of sp³-hybridized carbons (Fsp3) is 0.211. The number of aromatic nitrogens is 3. The van der Waals surface area contributed by atoms with E-state index in [0.717, 1.165) is 11.3 Å². The molecule has 0 spiro atoms. The predicted octanol–water partition coefficient (Wildman–Crippen LogP) is 3.61. The Bertz CT molecular complexity index is 911. The van der Waals surface area contributed by atoms with E-state index in [1.54, 1.807) is 33.3 Å². The van der Waals surface area contributed by atoms with E-state index in [0.29, 0.717) is 22.4 Å². The van der Waals surface area contributed by atoms with E-state index < -0.39 is 0 Å². The minimum atomic E-state index is -0.380. The molecule has 0 bridgehead atoms. The Kier molecular flexibility index (Phi) is 5.97. The van der Waals surface area contributed by atoms with Gasteiger partial charge in [-0.25, -0.2) is 4.98 Å². The van der Waals surface area contributed by atoms with Gasteiger partial charge in [0.15, 0.2) is 5.82 Å². The van der Waals surface area contributed by atoms with Crippen LogP contribution in [0.3, 0.4) is 0 Å². The number of ether oxygens (including phenoxy) is 2. The number of nitrogens with one attached hydrogen (secondary N) is 2. The summed E-state index contributed by atoms with van der Waals surface area (Å²) in [7, 11) is 3.19. The first-order valence-electron chi connectivity index (χ1n) is 8.28. The molecule has 1 heterocycles. The summed E-state index contributed by atoms with van der Waals surface area (Å²) in [6.45, 7) is 1.80. The number of rotatable bonds is 7. The highest BCUT2D eigenvalue weighted by atomic mass is 32.2. The first-order chi connectivity index (χ1) is 13.1. The molecule has 7 nitrogen and oxygen atoms in total. The van der Waals surface area contributed by atoms with E-state index in [9.17, 15) is 4.79 Å². The molecule has 0 aliphatic carbocycles. The lowest BCUT2D eigenvalue weighted by molar-refractivity contribution is -0.115. The number of carbonyl (C=O) groups is 1. The van der Waals surface area contributed by atoms with Crippen LogP contribution in [0.25, 0.3) is 11.4 Å². The second-order valence-electron chi connectivity index (χ2n) is 5.64. The Balaban J connectivity index is 1.64. The molecule has 2 aromatic carbocycles. The maximum Gasteiger partial charge on any atom is 0.237 e. The number of carbonyl (C=O) groups excluding carboxylic acids is 1. The standard InChI is InChI=1S/C19H20N4O3S/c1-12(18(24)20-15-6-4-5-7-16(15)26-3)27-19-21-17(22-23-19)13-8-10-14(25-2)11-9-13/h4-12H,1-3H3,(H,20,24)(H,21,22,23)/t12-/m0/s1. The summed E-state index contributed by atoms with van der Waals surface area (Å²) in [6, 6.07) is 14.8. The zero-order valence-electron chi connectivity index (χ0n) is 15.2. The SMILES string of the molecule is COc1ccc(-c2nc(S[C@@H](C)C(=O)Nc3ccccc3OC)n[nH]2)cc1. The lowest BCUT2D eigenvalue weighted by Gasteiger charge is -2.12. The van der Waals surface area contributed by atoms with Crippen LogP contribution < -0.4 is 14.8 Å². The minimum absolute atomic E-state index is 0.153. The van der Waals surface area contributed by atoms with Crippen LogP contribution >= 0.6 is 11.8 Å². The number of para-hydroxylation sites is 2. The molecule has 140 valence electrons. The maximum atomic E-state index is 12.5. The molecule has 3 rings (SSSR count). The zero-order chi connectivity index (χ0) is 19.2. The number of amides is 1. The molecular weight excluding hydrogens is 364 g/mol. The number of H-pyrrole nitrogens is 1. The highest BCUT2D eigenvalue weighted by Crippen LogP contribution is 2.27. The smallest absolute Gasteiger partial charge is 0.237 e. The van der Waals surface area contributed by atoms with Crippen molar-refractivity contribution in [3.8, 4) is 22.9 Å². The van der Waals surface area contributed by atoms with Gasteiger partial charge in [-0.05, 0) is 43.3 Å². The second kappa shape index (κ2) is 8.59. The average Bonchev–Trinajstić information content (AvgIpc) is 3.16. The minimum Gasteiger partial charge on any atom is -0.497 e. The van der Waals surface area contributed by atoms with Crippen molar-refractivity contribution in [3.63, 3.8) is 0 Å². The van der Waals surface area contributed by atoms with Gasteiger partial charge in [-0.15, -0.1) is 5.10 Å². The summed E-state index contributed by atoms with van der Waals surface area (Å²) in [4.78, 5) is 16.9. The third kappa shape index (κ3) is 4.59. The molecule has 8 heteroatoms. The summed E-state index contributed by atoms with van der Waals surface area (Å²) in [5.41, 5.74) is 1.52. The van der Waals surface area contributed by atoms with Crippen LogP contribution in [0, 0.1) is 0 Å². The summed E-state index contributed by atoms with van der Waals surface area (Å²) in [5, 5.41) is 10.1. The zero-order valence-corrected chi connectivity index (χ0v) is 16.0. The van der Waals surface area contributed by atoms with Crippen LogP contribution in [-0.4, -0.2) is 40.6 Å². The first kappa shape index (κ1) is 18.8. The third-order valence-electron chi connectivity index (χ3n) is 3.84. The Labute approximate surface area is 161 Å². The molecule has 0 unspecified atom stereocenters. The molecule has 1 atom stereocenters. The van der Waals surface area contributed by atoms with E-state index in [2.05, 4.69) is 20.5 Å². The highest BCUT2D eigenvalue weighted by molar-refractivity contribution is 8.00. The molecule has 0 saturated heterocycles. The van der Waals surface area contributed by atoms with Gasteiger partial charge in [-0.2, -0.15) is 0 Å². The van der Waals surface area contributed by atoms with Crippen LogP contribution in [-0.2, 0) is 4.79 Å². The number of nitrogens with zero attached hydrogens (tertiary/aromatic N) is 2. The van der Waals surface area contributed by atoms with Crippen molar-refractivity contribution in [2.24, 2.45) is 0 Å². The van der Waals surface area contributed by atoms with Crippen LogP contribution in [0.15, 0.2) is 53.7 Å². The van der Waals surface area contributed by atoms with E-state index in [1.807, 2.05) is 36.4 Å². The number of anilines is 1. The lowest BCUT2D eigenvalue weighted by Crippen LogP contribution is -2.22. The molecule has 0 aliphatic heterocycles. The third-order valence-corrected chi connectivity index (χ3v) is 4.81. The van der Waals surface area contributed by atoms with Gasteiger partial charge < -0.3 is 14.8 Å². The molecule has 0 saturated carbocycles. The molecular formula is C19H20N4O3S. The molecule has 2 N–H and O–H groups in total. The molecule has 3 aromatic rings. The quantitative estimate of drug-likeness (QED) is 0.605. The van der Waals surface area contributed by atoms with E-state index in [1.165, 1.54) is 11.8 Å². The van der Waals surface area contributed by atoms with Crippen LogP contribution in [0.1, 0.15) is 6.92 Å². The molecule has 0 fully saturated rings. The van der Waals surface area contributed by atoms with Crippen LogP contribution in [0.4, 0.5) is 5.69 Å². The topological polar surface area (TPSA) is 89.1 Å². The number of benzene rings is 2. The van der Waals surface area contributed by atoms with Gasteiger partial charge >= 0.3 is 0 Å². The number of hydrogen-bond donors (Lipinski definition) is 2. The predicted molar refractivity (Wildman–Crippen MR) is 105 cm³/mol. The van der Waals surface area contributed by atoms with Gasteiger partial charge in [-0.3, -0.25) is 9.89 Å². The molecule has 0 radical (unpaired) electrons. The van der Waals surface area contributed by atoms with Crippen molar-refractivity contribution in [2.45, 2.75) is 17.3 Å². The Morgan fingerprint density at radius 2 is 1.85 bits per heavy atom. The molecule has 1 amide bonds. The van der Waals surface area contributed by atoms with Gasteiger partial charge in [0.1, 0.15) is 11.5 Å².